The van der Waals surface area contributed by atoms with Crippen molar-refractivity contribution < 1.29 is 4.74 Å². The molecule has 1 heterocycles. The normalized spacial score (nSPS) is 10.9. The van der Waals surface area contributed by atoms with Gasteiger partial charge in [-0.15, -0.1) is 0 Å². The van der Waals surface area contributed by atoms with Gasteiger partial charge in [0.1, 0.15) is 5.82 Å². The third-order valence-electron chi connectivity index (χ3n) is 4.46. The molecular formula is C23H28N4O. The number of hydrogen-bond donors (Lipinski definition) is 2. The Kier molecular flexibility index (Phi) is 6.98. The van der Waals surface area contributed by atoms with Crippen molar-refractivity contribution in [3.8, 4) is 11.3 Å². The Bertz CT molecular complexity index is 881. The summed E-state index contributed by atoms with van der Waals surface area (Å²) in [6, 6.07) is 20.4. The van der Waals surface area contributed by atoms with E-state index in [9.17, 15) is 0 Å². The summed E-state index contributed by atoms with van der Waals surface area (Å²) in [5.74, 6) is 1.80. The average Bonchev–Trinajstić information content (AvgIpc) is 2.72. The van der Waals surface area contributed by atoms with E-state index < -0.39 is 0 Å². The van der Waals surface area contributed by atoms with Crippen LogP contribution in [0.5, 0.6) is 0 Å². The highest BCUT2D eigenvalue weighted by atomic mass is 16.5. The molecule has 0 bridgehead atoms. The first-order valence-corrected chi connectivity index (χ1v) is 9.70. The zero-order chi connectivity index (χ0) is 19.8. The molecule has 146 valence electrons. The Morgan fingerprint density at radius 1 is 0.964 bits per heavy atom. The van der Waals surface area contributed by atoms with Crippen molar-refractivity contribution in [1.29, 1.82) is 0 Å². The maximum Gasteiger partial charge on any atom is 0.229 e. The minimum absolute atomic E-state index is 0.410. The van der Waals surface area contributed by atoms with Gasteiger partial charge in [0.15, 0.2) is 0 Å². The van der Waals surface area contributed by atoms with Gasteiger partial charge in [-0.3, -0.25) is 0 Å². The highest BCUT2D eigenvalue weighted by molar-refractivity contribution is 5.67. The zero-order valence-corrected chi connectivity index (χ0v) is 16.8. The van der Waals surface area contributed by atoms with E-state index in [0.717, 1.165) is 42.3 Å². The van der Waals surface area contributed by atoms with E-state index in [1.54, 1.807) is 7.11 Å². The fourth-order valence-electron chi connectivity index (χ4n) is 3.02. The van der Waals surface area contributed by atoms with E-state index in [1.807, 2.05) is 30.3 Å². The molecule has 0 saturated heterocycles. The number of aromatic nitrogens is 2. The van der Waals surface area contributed by atoms with Crippen LogP contribution in [-0.2, 0) is 4.74 Å². The minimum Gasteiger partial charge on any atom is -0.385 e. The maximum absolute atomic E-state index is 5.13. The van der Waals surface area contributed by atoms with Crippen molar-refractivity contribution in [3.63, 3.8) is 0 Å². The van der Waals surface area contributed by atoms with Gasteiger partial charge < -0.3 is 15.4 Å². The van der Waals surface area contributed by atoms with Gasteiger partial charge in [0.25, 0.3) is 0 Å². The molecule has 3 aromatic rings. The molecule has 0 aliphatic carbocycles. The largest absolute Gasteiger partial charge is 0.385 e. The van der Waals surface area contributed by atoms with Crippen molar-refractivity contribution in [2.75, 3.05) is 30.9 Å². The molecule has 5 nitrogen and oxygen atoms in total. The summed E-state index contributed by atoms with van der Waals surface area (Å²) in [5.41, 5.74) is 4.22. The molecule has 0 amide bonds. The van der Waals surface area contributed by atoms with Gasteiger partial charge in [-0.1, -0.05) is 62.4 Å². The monoisotopic (exact) mass is 376 g/mol. The van der Waals surface area contributed by atoms with Gasteiger partial charge >= 0.3 is 0 Å². The van der Waals surface area contributed by atoms with E-state index in [1.165, 1.54) is 5.56 Å². The summed E-state index contributed by atoms with van der Waals surface area (Å²) in [6.07, 6.45) is 0.917. The number of nitrogens with one attached hydrogen (secondary N) is 2. The molecule has 2 aromatic carbocycles. The van der Waals surface area contributed by atoms with Crippen LogP contribution >= 0.6 is 0 Å². The molecule has 2 N–H and O–H groups in total. The van der Waals surface area contributed by atoms with E-state index in [2.05, 4.69) is 59.8 Å². The lowest BCUT2D eigenvalue weighted by Gasteiger charge is -2.15. The molecule has 0 saturated carbocycles. The number of methoxy groups -OCH3 is 1. The first-order valence-electron chi connectivity index (χ1n) is 9.70. The fourth-order valence-corrected chi connectivity index (χ4v) is 3.02. The summed E-state index contributed by atoms with van der Waals surface area (Å²) in [5, 5.41) is 6.80. The van der Waals surface area contributed by atoms with E-state index in [-0.39, 0.29) is 0 Å². The summed E-state index contributed by atoms with van der Waals surface area (Å²) >= 11 is 0. The second-order valence-electron chi connectivity index (χ2n) is 6.97. The molecule has 0 radical (unpaired) electrons. The van der Waals surface area contributed by atoms with Gasteiger partial charge in [-0.05, 0) is 24.0 Å². The van der Waals surface area contributed by atoms with E-state index >= 15 is 0 Å². The molecule has 0 spiro atoms. The van der Waals surface area contributed by atoms with Crippen LogP contribution in [0.1, 0.15) is 31.7 Å². The van der Waals surface area contributed by atoms with Crippen molar-refractivity contribution in [3.05, 3.63) is 66.2 Å². The summed E-state index contributed by atoms with van der Waals surface area (Å²) in [6.45, 7) is 5.88. The maximum atomic E-state index is 5.13. The predicted octanol–water partition coefficient (Wildman–Crippen LogP) is 5.46. The zero-order valence-electron chi connectivity index (χ0n) is 16.8. The number of rotatable bonds is 9. The lowest BCUT2D eigenvalue weighted by molar-refractivity contribution is 0.198. The lowest BCUT2D eigenvalue weighted by Crippen LogP contribution is -2.09. The van der Waals surface area contributed by atoms with Crippen LogP contribution in [0.3, 0.4) is 0 Å². The van der Waals surface area contributed by atoms with Crippen LogP contribution in [0.2, 0.25) is 0 Å². The Morgan fingerprint density at radius 3 is 2.46 bits per heavy atom. The van der Waals surface area contributed by atoms with E-state index in [0.29, 0.717) is 11.9 Å². The van der Waals surface area contributed by atoms with E-state index in [4.69, 9.17) is 9.72 Å². The Labute approximate surface area is 167 Å². The number of ether oxygens (including phenoxy) is 1. The quantitative estimate of drug-likeness (QED) is 0.486. The third-order valence-corrected chi connectivity index (χ3v) is 4.46. The standard InChI is InChI=1S/C23H28N4O/c1-17(2)19-12-7-8-13-20(19)25-23-26-21(18-10-5-4-6-11-18)16-22(27-23)24-14-9-15-28-3/h4-8,10-13,16-17H,9,14-15H2,1-3H3,(H2,24,25,26,27). The Hall–Kier alpha value is -2.92. The van der Waals surface area contributed by atoms with Crippen LogP contribution in [-0.4, -0.2) is 30.2 Å². The average molecular weight is 377 g/mol. The van der Waals surface area contributed by atoms with Crippen molar-refractivity contribution >= 4 is 17.5 Å². The minimum atomic E-state index is 0.410. The molecule has 1 aromatic heterocycles. The van der Waals surface area contributed by atoms with Gasteiger partial charge in [-0.2, -0.15) is 4.98 Å². The summed E-state index contributed by atoms with van der Waals surface area (Å²) < 4.78 is 5.13. The van der Waals surface area contributed by atoms with Crippen molar-refractivity contribution in [2.24, 2.45) is 0 Å². The van der Waals surface area contributed by atoms with Crippen LogP contribution < -0.4 is 10.6 Å². The topological polar surface area (TPSA) is 59.1 Å². The van der Waals surface area contributed by atoms with Gasteiger partial charge in [0.05, 0.1) is 5.69 Å². The highest BCUT2D eigenvalue weighted by Crippen LogP contribution is 2.27. The fraction of sp³-hybridized carbons (Fsp3) is 0.304. The first-order chi connectivity index (χ1) is 13.7. The van der Waals surface area contributed by atoms with Crippen LogP contribution in [0, 0.1) is 0 Å². The first kappa shape index (κ1) is 19.8. The smallest absolute Gasteiger partial charge is 0.229 e. The molecule has 5 heteroatoms. The van der Waals surface area contributed by atoms with Gasteiger partial charge in [0, 0.05) is 37.6 Å². The number of benzene rings is 2. The van der Waals surface area contributed by atoms with Gasteiger partial charge in [-0.25, -0.2) is 4.98 Å². The van der Waals surface area contributed by atoms with Crippen molar-refractivity contribution in [2.45, 2.75) is 26.2 Å². The second-order valence-corrected chi connectivity index (χ2v) is 6.97. The van der Waals surface area contributed by atoms with Crippen LogP contribution in [0.15, 0.2) is 60.7 Å². The molecule has 28 heavy (non-hydrogen) atoms. The summed E-state index contributed by atoms with van der Waals surface area (Å²) in [4.78, 5) is 9.44. The SMILES string of the molecule is COCCCNc1cc(-c2ccccc2)nc(Nc2ccccc2C(C)C)n1. The van der Waals surface area contributed by atoms with Crippen LogP contribution in [0.4, 0.5) is 17.5 Å². The number of anilines is 3. The highest BCUT2D eigenvalue weighted by Gasteiger charge is 2.10. The predicted molar refractivity (Wildman–Crippen MR) is 116 cm³/mol. The number of para-hydroxylation sites is 1. The number of nitrogens with zero attached hydrogens (tertiary/aromatic N) is 2. The molecule has 0 atom stereocenters. The van der Waals surface area contributed by atoms with Crippen LogP contribution in [0.25, 0.3) is 11.3 Å². The number of hydrogen-bond acceptors (Lipinski definition) is 5. The Morgan fingerprint density at radius 2 is 1.71 bits per heavy atom. The lowest BCUT2D eigenvalue weighted by atomic mass is 10.0. The molecule has 0 fully saturated rings. The van der Waals surface area contributed by atoms with Gasteiger partial charge in [0.2, 0.25) is 5.95 Å². The molecule has 0 aliphatic heterocycles. The Balaban J connectivity index is 1.91. The third kappa shape index (κ3) is 5.30. The molecule has 3 rings (SSSR count). The second kappa shape index (κ2) is 9.85. The molecular weight excluding hydrogens is 348 g/mol. The van der Waals surface area contributed by atoms with Crippen molar-refractivity contribution in [1.82, 2.24) is 9.97 Å². The summed E-state index contributed by atoms with van der Waals surface area (Å²) in [7, 11) is 1.71. The molecule has 0 aliphatic rings. The molecule has 0 unspecified atom stereocenters.